The Hall–Kier alpha value is -4.36. The molecule has 0 aliphatic carbocycles. The Labute approximate surface area is 311 Å². The Balaban J connectivity index is 1.43. The van der Waals surface area contributed by atoms with Crippen molar-refractivity contribution in [3.63, 3.8) is 0 Å². The molecular formula is C39H42BrNO9S. The number of amides is 1. The Kier molecular flexibility index (Phi) is 13.2. The fourth-order valence-electron chi connectivity index (χ4n) is 5.91. The van der Waals surface area contributed by atoms with Crippen molar-refractivity contribution in [3.05, 3.63) is 112 Å². The van der Waals surface area contributed by atoms with Gasteiger partial charge in [0.1, 0.15) is 11.2 Å². The Morgan fingerprint density at radius 2 is 1.41 bits per heavy atom. The average molecular weight is 781 g/mol. The lowest BCUT2D eigenvalue weighted by molar-refractivity contribution is -0.0206. The molecule has 4 aromatic carbocycles. The van der Waals surface area contributed by atoms with Crippen LogP contribution in [0.1, 0.15) is 59.0 Å². The molecule has 270 valence electrons. The average Bonchev–Trinajstić information content (AvgIpc) is 3.65. The van der Waals surface area contributed by atoms with Crippen molar-refractivity contribution < 1.29 is 43.2 Å². The maximum Gasteiger partial charge on any atom is 0.285 e. The van der Waals surface area contributed by atoms with Gasteiger partial charge in [0.25, 0.3) is 5.91 Å². The summed E-state index contributed by atoms with van der Waals surface area (Å²) in [4.78, 5) is 14.1. The summed E-state index contributed by atoms with van der Waals surface area (Å²) in [6.07, 6.45) is 4.41. The molecule has 10 nitrogen and oxygen atoms in total. The lowest BCUT2D eigenvalue weighted by Gasteiger charge is -2.22. The monoisotopic (exact) mass is 779 g/mol. The van der Waals surface area contributed by atoms with E-state index in [1.165, 1.54) is 13.3 Å². The van der Waals surface area contributed by atoms with Crippen LogP contribution >= 0.6 is 27.7 Å². The van der Waals surface area contributed by atoms with Gasteiger partial charge in [-0.05, 0) is 98.0 Å². The SMILES string of the molecule is COc1ccccc1C(=O)N(O)/C=C/Cc1cc(C2CCC(c3cc(OC)c(OC)c(OC)c3)O2)cc(OC)c1OC(C)Sc1ccc(Br)cc1. The minimum absolute atomic E-state index is 0.208. The number of nitrogens with zero attached hydrogens (tertiary/aromatic N) is 1. The van der Waals surface area contributed by atoms with Crippen molar-refractivity contribution in [2.45, 2.75) is 48.7 Å². The van der Waals surface area contributed by atoms with Gasteiger partial charge >= 0.3 is 0 Å². The summed E-state index contributed by atoms with van der Waals surface area (Å²) in [5.41, 5.74) is 2.59. The number of para-hydroxylation sites is 1. The summed E-state index contributed by atoms with van der Waals surface area (Å²) in [7, 11) is 7.84. The van der Waals surface area contributed by atoms with E-state index in [9.17, 15) is 10.0 Å². The molecule has 3 atom stereocenters. The van der Waals surface area contributed by atoms with Gasteiger partial charge in [-0.2, -0.15) is 5.06 Å². The highest BCUT2D eigenvalue weighted by Gasteiger charge is 2.31. The van der Waals surface area contributed by atoms with Gasteiger partial charge in [-0.15, -0.1) is 0 Å². The molecule has 1 aliphatic rings. The maximum absolute atomic E-state index is 13.0. The van der Waals surface area contributed by atoms with Crippen LogP contribution in [-0.4, -0.2) is 57.2 Å². The molecule has 51 heavy (non-hydrogen) atoms. The minimum atomic E-state index is -0.622. The van der Waals surface area contributed by atoms with Crippen LogP contribution in [0, 0.1) is 0 Å². The quantitative estimate of drug-likeness (QED) is 0.0544. The van der Waals surface area contributed by atoms with Gasteiger partial charge in [0.2, 0.25) is 5.75 Å². The molecule has 1 N–H and O–H groups in total. The number of hydrogen-bond acceptors (Lipinski definition) is 10. The van der Waals surface area contributed by atoms with Crippen molar-refractivity contribution in [2.24, 2.45) is 0 Å². The van der Waals surface area contributed by atoms with Gasteiger partial charge in [0.05, 0.1) is 53.3 Å². The van der Waals surface area contributed by atoms with Crippen LogP contribution in [0.2, 0.25) is 0 Å². The zero-order chi connectivity index (χ0) is 36.5. The number of hydrogen-bond donors (Lipinski definition) is 1. The number of benzene rings is 4. The maximum atomic E-state index is 13.0. The molecule has 4 aromatic rings. The molecule has 1 saturated heterocycles. The van der Waals surface area contributed by atoms with E-state index in [0.717, 1.165) is 38.9 Å². The van der Waals surface area contributed by atoms with Gasteiger partial charge in [0.15, 0.2) is 23.0 Å². The normalized spacial score (nSPS) is 16.1. The first kappa shape index (κ1) is 37.9. The fourth-order valence-corrected chi connectivity index (χ4v) is 6.99. The minimum Gasteiger partial charge on any atom is -0.496 e. The van der Waals surface area contributed by atoms with Crippen molar-refractivity contribution in [3.8, 4) is 34.5 Å². The molecule has 5 rings (SSSR count). The van der Waals surface area contributed by atoms with E-state index < -0.39 is 5.91 Å². The summed E-state index contributed by atoms with van der Waals surface area (Å²) >= 11 is 5.06. The number of ether oxygens (including phenoxy) is 7. The Morgan fingerprint density at radius 1 is 0.843 bits per heavy atom. The summed E-state index contributed by atoms with van der Waals surface area (Å²) < 4.78 is 42.0. The second kappa shape index (κ2) is 17.7. The van der Waals surface area contributed by atoms with E-state index in [1.54, 1.807) is 70.5 Å². The van der Waals surface area contributed by atoms with E-state index in [4.69, 9.17) is 33.2 Å². The highest BCUT2D eigenvalue weighted by atomic mass is 79.9. The zero-order valence-electron chi connectivity index (χ0n) is 29.4. The van der Waals surface area contributed by atoms with Gasteiger partial charge in [-0.3, -0.25) is 10.0 Å². The van der Waals surface area contributed by atoms with Crippen molar-refractivity contribution in [2.75, 3.05) is 35.5 Å². The van der Waals surface area contributed by atoms with Gasteiger partial charge in [-0.1, -0.05) is 45.9 Å². The van der Waals surface area contributed by atoms with Crippen LogP contribution in [0.25, 0.3) is 0 Å². The van der Waals surface area contributed by atoms with Crippen LogP contribution in [0.4, 0.5) is 0 Å². The number of rotatable bonds is 15. The lowest BCUT2D eigenvalue weighted by Crippen LogP contribution is -2.22. The van der Waals surface area contributed by atoms with Crippen molar-refractivity contribution in [1.82, 2.24) is 5.06 Å². The van der Waals surface area contributed by atoms with E-state index in [1.807, 2.05) is 55.5 Å². The molecule has 1 heterocycles. The summed E-state index contributed by atoms with van der Waals surface area (Å²) in [5, 5.41) is 11.2. The molecule has 1 amide bonds. The first-order valence-electron chi connectivity index (χ1n) is 16.3. The number of methoxy groups -OCH3 is 5. The van der Waals surface area contributed by atoms with Crippen LogP contribution in [0.3, 0.4) is 0 Å². The zero-order valence-corrected chi connectivity index (χ0v) is 31.8. The first-order chi connectivity index (χ1) is 24.7. The fraction of sp³-hybridized carbons (Fsp3) is 0.308. The molecule has 3 unspecified atom stereocenters. The number of halogens is 1. The molecule has 0 radical (unpaired) electrons. The smallest absolute Gasteiger partial charge is 0.285 e. The van der Waals surface area contributed by atoms with Crippen molar-refractivity contribution >= 4 is 33.6 Å². The molecule has 0 saturated carbocycles. The third-order valence-electron chi connectivity index (χ3n) is 8.35. The second-order valence-electron chi connectivity index (χ2n) is 11.6. The summed E-state index contributed by atoms with van der Waals surface area (Å²) in [6, 6.07) is 22.6. The standard InChI is InChI=1S/C39H42BrNO9S/c1-24(51-29-15-13-28(40)14-16-29)49-37-25(10-9-19-41(43)39(42)30-11-7-8-12-33(30)44-2)20-26(21-34(37)45-3)31-17-18-32(50-31)27-22-35(46-4)38(48-6)36(23-27)47-5/h7-9,11-16,19-24,31-32,43H,10,17-18H2,1-6H3/b19-9+. The van der Waals surface area contributed by atoms with Gasteiger partial charge < -0.3 is 33.2 Å². The van der Waals surface area contributed by atoms with Crippen LogP contribution < -0.4 is 28.4 Å². The Bertz CT molecular complexity index is 1810. The van der Waals surface area contributed by atoms with Crippen molar-refractivity contribution in [1.29, 1.82) is 0 Å². The van der Waals surface area contributed by atoms with E-state index in [0.29, 0.717) is 46.0 Å². The van der Waals surface area contributed by atoms with E-state index >= 15 is 0 Å². The first-order valence-corrected chi connectivity index (χ1v) is 17.9. The molecule has 0 aromatic heterocycles. The Morgan fingerprint density at radius 3 is 2.00 bits per heavy atom. The highest BCUT2D eigenvalue weighted by Crippen LogP contribution is 2.48. The number of allylic oxidation sites excluding steroid dienone is 1. The van der Waals surface area contributed by atoms with Crippen LogP contribution in [0.5, 0.6) is 34.5 Å². The summed E-state index contributed by atoms with van der Waals surface area (Å²) in [6.45, 7) is 1.98. The molecule has 1 fully saturated rings. The highest BCUT2D eigenvalue weighted by molar-refractivity contribution is 9.10. The van der Waals surface area contributed by atoms with E-state index in [2.05, 4.69) is 15.9 Å². The lowest BCUT2D eigenvalue weighted by atomic mass is 9.99. The summed E-state index contributed by atoms with van der Waals surface area (Å²) in [5.74, 6) is 2.49. The number of carbonyl (C=O) groups excluding carboxylic acids is 1. The van der Waals surface area contributed by atoms with E-state index in [-0.39, 0.29) is 23.2 Å². The number of thioether (sulfide) groups is 1. The molecule has 0 bridgehead atoms. The predicted octanol–water partition coefficient (Wildman–Crippen LogP) is 9.19. The van der Waals surface area contributed by atoms with Crippen LogP contribution in [-0.2, 0) is 11.2 Å². The van der Waals surface area contributed by atoms with Gasteiger partial charge in [-0.25, -0.2) is 0 Å². The molecule has 0 spiro atoms. The topological polar surface area (TPSA) is 105 Å². The number of hydroxylamine groups is 2. The predicted molar refractivity (Wildman–Crippen MR) is 199 cm³/mol. The van der Waals surface area contributed by atoms with Gasteiger partial charge in [0, 0.05) is 21.1 Å². The molecular weight excluding hydrogens is 738 g/mol. The van der Waals surface area contributed by atoms with Crippen LogP contribution in [0.15, 0.2) is 94.4 Å². The molecule has 12 heteroatoms. The molecule has 1 aliphatic heterocycles. The number of carbonyl (C=O) groups is 1. The largest absolute Gasteiger partial charge is 0.496 e. The third-order valence-corrected chi connectivity index (χ3v) is 9.85. The second-order valence-corrected chi connectivity index (χ2v) is 13.8. The third kappa shape index (κ3) is 9.12.